The van der Waals surface area contributed by atoms with Crippen molar-refractivity contribution in [3.63, 3.8) is 0 Å². The number of ether oxygens (including phenoxy) is 2. The van der Waals surface area contributed by atoms with Crippen LogP contribution >= 0.6 is 0 Å². The van der Waals surface area contributed by atoms with Gasteiger partial charge in [0.2, 0.25) is 0 Å². The lowest BCUT2D eigenvalue weighted by Crippen LogP contribution is -2.52. The molecule has 26 heavy (non-hydrogen) atoms. The van der Waals surface area contributed by atoms with E-state index in [1.165, 1.54) is 18.2 Å². The Labute approximate surface area is 152 Å². The van der Waals surface area contributed by atoms with Crippen molar-refractivity contribution in [2.24, 2.45) is 0 Å². The fraction of sp³-hybridized carbons (Fsp3) is 0.556. The molecule has 8 heteroatoms. The van der Waals surface area contributed by atoms with Crippen LogP contribution in [0.5, 0.6) is 5.75 Å². The van der Waals surface area contributed by atoms with Crippen molar-refractivity contribution >= 4 is 11.8 Å². The van der Waals surface area contributed by atoms with E-state index >= 15 is 0 Å². The number of nitrogens with zero attached hydrogens (tertiary/aromatic N) is 2. The third-order valence-electron chi connectivity index (χ3n) is 4.14. The van der Waals surface area contributed by atoms with Gasteiger partial charge in [-0.2, -0.15) is 5.26 Å². The lowest BCUT2D eigenvalue weighted by Gasteiger charge is -2.31. The maximum atomic E-state index is 12.2. The van der Waals surface area contributed by atoms with Crippen LogP contribution in [0.15, 0.2) is 18.2 Å². The van der Waals surface area contributed by atoms with Crippen LogP contribution in [0.3, 0.4) is 0 Å². The lowest BCUT2D eigenvalue weighted by molar-refractivity contribution is -0.385. The molecule has 0 bridgehead atoms. The molecule has 0 radical (unpaired) electrons. The van der Waals surface area contributed by atoms with Crippen LogP contribution in [0.4, 0.5) is 10.5 Å². The topological polar surface area (TPSA) is 114 Å². The molecule has 0 heterocycles. The SMILES string of the molecule is CC(C)(C)OC(=O)NC1(COc2cccc([N+](=O)[O-])c2C#N)CCCC1. The Hall–Kier alpha value is -2.82. The predicted octanol–water partition coefficient (Wildman–Crippen LogP) is 3.68. The minimum Gasteiger partial charge on any atom is -0.489 e. The summed E-state index contributed by atoms with van der Waals surface area (Å²) in [6.07, 6.45) is 2.76. The van der Waals surface area contributed by atoms with Gasteiger partial charge >= 0.3 is 6.09 Å². The van der Waals surface area contributed by atoms with Crippen molar-refractivity contribution in [1.29, 1.82) is 5.26 Å². The fourth-order valence-electron chi connectivity index (χ4n) is 3.00. The van der Waals surface area contributed by atoms with Crippen molar-refractivity contribution < 1.29 is 19.2 Å². The van der Waals surface area contributed by atoms with Gasteiger partial charge < -0.3 is 14.8 Å². The molecule has 1 saturated carbocycles. The second kappa shape index (κ2) is 7.60. The highest BCUT2D eigenvalue weighted by Crippen LogP contribution is 2.33. The quantitative estimate of drug-likeness (QED) is 0.632. The van der Waals surface area contributed by atoms with E-state index in [0.29, 0.717) is 12.8 Å². The van der Waals surface area contributed by atoms with Crippen molar-refractivity contribution in [2.75, 3.05) is 6.61 Å². The van der Waals surface area contributed by atoms with Crippen LogP contribution in [0.2, 0.25) is 0 Å². The zero-order valence-electron chi connectivity index (χ0n) is 15.2. The van der Waals surface area contributed by atoms with E-state index < -0.39 is 22.2 Å². The monoisotopic (exact) mass is 361 g/mol. The zero-order chi connectivity index (χ0) is 19.4. The molecule has 2 rings (SSSR count). The maximum absolute atomic E-state index is 12.2. The standard InChI is InChI=1S/C18H23N3O5/c1-17(2,3)26-16(22)20-18(9-4-5-10-18)12-25-15-8-6-7-14(21(23)24)13(15)11-19/h6-8H,4-5,9-10,12H2,1-3H3,(H,20,22). The summed E-state index contributed by atoms with van der Waals surface area (Å²) in [4.78, 5) is 22.6. The number of rotatable bonds is 5. The average Bonchev–Trinajstić information content (AvgIpc) is 2.99. The van der Waals surface area contributed by atoms with Gasteiger partial charge in [-0.25, -0.2) is 4.79 Å². The number of carbonyl (C=O) groups excluding carboxylic acids is 1. The van der Waals surface area contributed by atoms with E-state index in [1.807, 2.05) is 6.07 Å². The fourth-order valence-corrected chi connectivity index (χ4v) is 3.00. The molecule has 1 amide bonds. The van der Waals surface area contributed by atoms with E-state index in [1.54, 1.807) is 20.8 Å². The Morgan fingerprint density at radius 3 is 2.58 bits per heavy atom. The van der Waals surface area contributed by atoms with Gasteiger partial charge in [0.25, 0.3) is 5.69 Å². The Kier molecular flexibility index (Phi) is 5.70. The van der Waals surface area contributed by atoms with E-state index in [2.05, 4.69) is 5.32 Å². The largest absolute Gasteiger partial charge is 0.489 e. The predicted molar refractivity (Wildman–Crippen MR) is 93.9 cm³/mol. The highest BCUT2D eigenvalue weighted by molar-refractivity contribution is 5.69. The molecule has 0 aromatic heterocycles. The van der Waals surface area contributed by atoms with Gasteiger partial charge in [-0.15, -0.1) is 0 Å². The Balaban J connectivity index is 2.15. The van der Waals surface area contributed by atoms with Crippen LogP contribution < -0.4 is 10.1 Å². The van der Waals surface area contributed by atoms with Gasteiger partial charge in [0.15, 0.2) is 5.56 Å². The number of nitro benzene ring substituents is 1. The molecule has 0 saturated heterocycles. The number of nitriles is 1. The summed E-state index contributed by atoms with van der Waals surface area (Å²) in [5, 5.41) is 23.2. The number of nitrogens with one attached hydrogen (secondary N) is 1. The molecular formula is C18H23N3O5. The molecule has 1 N–H and O–H groups in total. The minimum absolute atomic E-state index is 0.113. The zero-order valence-corrected chi connectivity index (χ0v) is 15.2. The van der Waals surface area contributed by atoms with Crippen molar-refractivity contribution in [3.05, 3.63) is 33.9 Å². The highest BCUT2D eigenvalue weighted by Gasteiger charge is 2.38. The van der Waals surface area contributed by atoms with E-state index in [-0.39, 0.29) is 23.6 Å². The maximum Gasteiger partial charge on any atom is 0.408 e. The highest BCUT2D eigenvalue weighted by atomic mass is 16.6. The first-order valence-corrected chi connectivity index (χ1v) is 8.47. The third kappa shape index (κ3) is 4.85. The van der Waals surface area contributed by atoms with Crippen LogP contribution in [0.25, 0.3) is 0 Å². The summed E-state index contributed by atoms with van der Waals surface area (Å²) in [6.45, 7) is 5.47. The molecule has 1 aromatic rings. The first-order chi connectivity index (χ1) is 12.2. The first kappa shape index (κ1) is 19.5. The van der Waals surface area contributed by atoms with Gasteiger partial charge in [-0.3, -0.25) is 10.1 Å². The van der Waals surface area contributed by atoms with Gasteiger partial charge in [-0.1, -0.05) is 18.9 Å². The number of amides is 1. The number of alkyl carbamates (subject to hydrolysis) is 1. The average molecular weight is 361 g/mol. The summed E-state index contributed by atoms with van der Waals surface area (Å²) in [5.41, 5.74) is -1.65. The van der Waals surface area contributed by atoms with Gasteiger partial charge in [0.05, 0.1) is 10.5 Å². The summed E-state index contributed by atoms with van der Waals surface area (Å²) in [7, 11) is 0. The third-order valence-corrected chi connectivity index (χ3v) is 4.14. The Bertz CT molecular complexity index is 727. The molecular weight excluding hydrogens is 338 g/mol. The molecule has 1 aliphatic rings. The second-order valence-corrected chi connectivity index (χ2v) is 7.42. The van der Waals surface area contributed by atoms with Crippen LogP contribution in [0, 0.1) is 21.4 Å². The van der Waals surface area contributed by atoms with E-state index in [9.17, 15) is 20.2 Å². The van der Waals surface area contributed by atoms with E-state index in [0.717, 1.165) is 12.8 Å². The molecule has 1 aromatic carbocycles. The van der Waals surface area contributed by atoms with E-state index in [4.69, 9.17) is 9.47 Å². The summed E-state index contributed by atoms with van der Waals surface area (Å²) < 4.78 is 11.1. The normalized spacial score (nSPS) is 15.8. The van der Waals surface area contributed by atoms with Crippen molar-refractivity contribution in [1.82, 2.24) is 5.32 Å². The molecule has 8 nitrogen and oxygen atoms in total. The second-order valence-electron chi connectivity index (χ2n) is 7.42. The van der Waals surface area contributed by atoms with Crippen LogP contribution in [0.1, 0.15) is 52.0 Å². The van der Waals surface area contributed by atoms with Gasteiger partial charge in [0, 0.05) is 6.07 Å². The molecule has 1 aliphatic carbocycles. The Morgan fingerprint density at radius 2 is 2.04 bits per heavy atom. The number of carbonyl (C=O) groups is 1. The Morgan fingerprint density at radius 1 is 1.38 bits per heavy atom. The summed E-state index contributed by atoms with van der Waals surface area (Å²) >= 11 is 0. The number of hydrogen-bond acceptors (Lipinski definition) is 6. The molecule has 0 aliphatic heterocycles. The minimum atomic E-state index is -0.615. The van der Waals surface area contributed by atoms with Crippen molar-refractivity contribution in [3.8, 4) is 11.8 Å². The van der Waals surface area contributed by atoms with Gasteiger partial charge in [0.1, 0.15) is 24.0 Å². The summed E-state index contributed by atoms with van der Waals surface area (Å²) in [6, 6.07) is 6.07. The van der Waals surface area contributed by atoms with Crippen molar-refractivity contribution in [2.45, 2.75) is 57.6 Å². The molecule has 0 unspecified atom stereocenters. The lowest BCUT2D eigenvalue weighted by atomic mass is 9.99. The number of hydrogen-bond donors (Lipinski definition) is 1. The smallest absolute Gasteiger partial charge is 0.408 e. The van der Waals surface area contributed by atoms with Gasteiger partial charge in [-0.05, 0) is 39.7 Å². The number of benzene rings is 1. The first-order valence-electron chi connectivity index (χ1n) is 8.47. The molecule has 140 valence electrons. The molecule has 1 fully saturated rings. The summed E-state index contributed by atoms with van der Waals surface area (Å²) in [5.74, 6) is 0.138. The number of nitro groups is 1. The van der Waals surface area contributed by atoms with Crippen LogP contribution in [-0.4, -0.2) is 28.8 Å². The molecule has 0 atom stereocenters. The van der Waals surface area contributed by atoms with Crippen LogP contribution in [-0.2, 0) is 4.74 Å². The molecule has 0 spiro atoms.